The fourth-order valence-corrected chi connectivity index (χ4v) is 3.80. The van der Waals surface area contributed by atoms with Gasteiger partial charge in [-0.25, -0.2) is 4.98 Å². The first-order chi connectivity index (χ1) is 14.5. The van der Waals surface area contributed by atoms with E-state index in [1.54, 1.807) is 0 Å². The maximum atomic E-state index is 5.99. The van der Waals surface area contributed by atoms with E-state index in [-0.39, 0.29) is 5.95 Å². The Bertz CT molecular complexity index is 1010. The number of nitrogen functional groups attached to an aromatic ring is 1. The number of likely N-dealkylation sites (N-methyl/N-ethyl adjacent to an activating group) is 1. The van der Waals surface area contributed by atoms with Gasteiger partial charge in [-0.05, 0) is 49.7 Å². The SMILES string of the molecule is Cc1cccc(-c2cc(NCc3ccc(N4CCN(C)CC4)cc3)nc(N)n2)c1C. The summed E-state index contributed by atoms with van der Waals surface area (Å²) in [6, 6.07) is 17.0. The minimum absolute atomic E-state index is 0.279. The number of nitrogens with two attached hydrogens (primary N) is 1. The molecule has 2 aromatic carbocycles. The molecule has 1 aliphatic heterocycles. The summed E-state index contributed by atoms with van der Waals surface area (Å²) in [7, 11) is 2.18. The van der Waals surface area contributed by atoms with E-state index in [0.717, 1.165) is 43.3 Å². The average molecular weight is 403 g/mol. The molecular formula is C24H30N6. The van der Waals surface area contributed by atoms with Crippen molar-refractivity contribution in [1.82, 2.24) is 14.9 Å². The second kappa shape index (κ2) is 8.71. The second-order valence-electron chi connectivity index (χ2n) is 8.05. The van der Waals surface area contributed by atoms with Crippen molar-refractivity contribution in [2.75, 3.05) is 49.2 Å². The highest BCUT2D eigenvalue weighted by Gasteiger charge is 2.14. The topological polar surface area (TPSA) is 70.3 Å². The number of aromatic nitrogens is 2. The largest absolute Gasteiger partial charge is 0.369 e. The summed E-state index contributed by atoms with van der Waals surface area (Å²) in [4.78, 5) is 13.6. The summed E-state index contributed by atoms with van der Waals surface area (Å²) in [5, 5.41) is 3.40. The molecule has 1 saturated heterocycles. The number of nitrogens with zero attached hydrogens (tertiary/aromatic N) is 4. The molecule has 4 rings (SSSR count). The predicted molar refractivity (Wildman–Crippen MR) is 125 cm³/mol. The van der Waals surface area contributed by atoms with Crippen molar-refractivity contribution in [1.29, 1.82) is 0 Å². The Labute approximate surface area is 178 Å². The molecule has 0 aliphatic carbocycles. The van der Waals surface area contributed by atoms with Crippen molar-refractivity contribution in [3.8, 4) is 11.3 Å². The van der Waals surface area contributed by atoms with Crippen molar-refractivity contribution in [2.45, 2.75) is 20.4 Å². The molecule has 6 heteroatoms. The lowest BCUT2D eigenvalue weighted by Gasteiger charge is -2.34. The number of anilines is 3. The molecule has 1 aliphatic rings. The zero-order valence-corrected chi connectivity index (χ0v) is 18.0. The van der Waals surface area contributed by atoms with Gasteiger partial charge in [0, 0.05) is 50.0 Å². The highest BCUT2D eigenvalue weighted by Crippen LogP contribution is 2.26. The number of benzene rings is 2. The van der Waals surface area contributed by atoms with Gasteiger partial charge in [0.25, 0.3) is 0 Å². The van der Waals surface area contributed by atoms with Crippen molar-refractivity contribution in [2.24, 2.45) is 0 Å². The molecule has 0 atom stereocenters. The van der Waals surface area contributed by atoms with Crippen LogP contribution in [0.1, 0.15) is 16.7 Å². The Balaban J connectivity index is 1.45. The third-order valence-electron chi connectivity index (χ3n) is 5.90. The third-order valence-corrected chi connectivity index (χ3v) is 5.90. The molecule has 0 spiro atoms. The number of hydrogen-bond acceptors (Lipinski definition) is 6. The Morgan fingerprint density at radius 2 is 1.70 bits per heavy atom. The van der Waals surface area contributed by atoms with E-state index in [4.69, 9.17) is 5.73 Å². The Kier molecular flexibility index (Phi) is 5.86. The summed E-state index contributed by atoms with van der Waals surface area (Å²) in [6.45, 7) is 9.28. The first-order valence-corrected chi connectivity index (χ1v) is 10.5. The zero-order valence-electron chi connectivity index (χ0n) is 18.0. The average Bonchev–Trinajstić information content (AvgIpc) is 2.75. The lowest BCUT2D eigenvalue weighted by molar-refractivity contribution is 0.313. The fraction of sp³-hybridized carbons (Fsp3) is 0.333. The van der Waals surface area contributed by atoms with Crippen LogP contribution in [0.2, 0.25) is 0 Å². The van der Waals surface area contributed by atoms with Gasteiger partial charge in [0.15, 0.2) is 0 Å². The second-order valence-corrected chi connectivity index (χ2v) is 8.05. The number of nitrogens with one attached hydrogen (secondary N) is 1. The van der Waals surface area contributed by atoms with Crippen LogP contribution in [0.5, 0.6) is 0 Å². The van der Waals surface area contributed by atoms with Gasteiger partial charge in [-0.2, -0.15) is 4.98 Å². The van der Waals surface area contributed by atoms with Crippen LogP contribution in [0.25, 0.3) is 11.3 Å². The van der Waals surface area contributed by atoms with E-state index in [1.807, 2.05) is 12.1 Å². The van der Waals surface area contributed by atoms with Gasteiger partial charge in [0.05, 0.1) is 5.69 Å². The van der Waals surface area contributed by atoms with E-state index in [2.05, 4.69) is 82.4 Å². The summed E-state index contributed by atoms with van der Waals surface area (Å²) < 4.78 is 0. The summed E-state index contributed by atoms with van der Waals surface area (Å²) in [5.74, 6) is 1.02. The lowest BCUT2D eigenvalue weighted by atomic mass is 10.0. The highest BCUT2D eigenvalue weighted by atomic mass is 15.2. The van der Waals surface area contributed by atoms with Crippen LogP contribution in [-0.2, 0) is 6.54 Å². The number of piperazine rings is 1. The monoisotopic (exact) mass is 402 g/mol. The molecule has 30 heavy (non-hydrogen) atoms. The maximum absolute atomic E-state index is 5.99. The molecule has 0 saturated carbocycles. The number of hydrogen-bond donors (Lipinski definition) is 2. The van der Waals surface area contributed by atoms with Crippen LogP contribution in [-0.4, -0.2) is 48.1 Å². The molecule has 1 aromatic heterocycles. The van der Waals surface area contributed by atoms with Crippen LogP contribution >= 0.6 is 0 Å². The van der Waals surface area contributed by atoms with Crippen molar-refractivity contribution in [3.05, 3.63) is 65.2 Å². The smallest absolute Gasteiger partial charge is 0.222 e. The van der Waals surface area contributed by atoms with Crippen LogP contribution < -0.4 is 16.0 Å². The summed E-state index contributed by atoms with van der Waals surface area (Å²) in [6.07, 6.45) is 0. The van der Waals surface area contributed by atoms with Crippen LogP contribution in [0.15, 0.2) is 48.5 Å². The molecule has 0 unspecified atom stereocenters. The maximum Gasteiger partial charge on any atom is 0.222 e. The first-order valence-electron chi connectivity index (χ1n) is 10.5. The molecule has 0 radical (unpaired) electrons. The van der Waals surface area contributed by atoms with Crippen molar-refractivity contribution < 1.29 is 0 Å². The minimum Gasteiger partial charge on any atom is -0.369 e. The Morgan fingerprint density at radius 3 is 2.43 bits per heavy atom. The van der Waals surface area contributed by atoms with Gasteiger partial charge < -0.3 is 20.9 Å². The van der Waals surface area contributed by atoms with E-state index in [0.29, 0.717) is 6.54 Å². The normalized spacial score (nSPS) is 14.7. The molecule has 6 nitrogen and oxygen atoms in total. The van der Waals surface area contributed by atoms with Crippen molar-refractivity contribution in [3.63, 3.8) is 0 Å². The first kappa shape index (κ1) is 20.2. The van der Waals surface area contributed by atoms with Gasteiger partial charge >= 0.3 is 0 Å². The lowest BCUT2D eigenvalue weighted by Crippen LogP contribution is -2.44. The van der Waals surface area contributed by atoms with Gasteiger partial charge in [0.2, 0.25) is 5.95 Å². The van der Waals surface area contributed by atoms with Crippen molar-refractivity contribution >= 4 is 17.5 Å². The van der Waals surface area contributed by atoms with Gasteiger partial charge in [-0.1, -0.05) is 30.3 Å². The number of aryl methyl sites for hydroxylation is 1. The molecule has 156 valence electrons. The Hall–Kier alpha value is -3.12. The molecule has 3 aromatic rings. The van der Waals surface area contributed by atoms with Gasteiger partial charge in [0.1, 0.15) is 5.82 Å². The van der Waals surface area contributed by atoms with E-state index < -0.39 is 0 Å². The quantitative estimate of drug-likeness (QED) is 0.678. The molecule has 1 fully saturated rings. The standard InChI is InChI=1S/C24H30N6/c1-17-5-4-6-21(18(17)2)22-15-23(28-24(25)27-22)26-16-19-7-9-20(10-8-19)30-13-11-29(3)12-14-30/h4-10,15H,11-14,16H2,1-3H3,(H3,25,26,27,28). The summed E-state index contributed by atoms with van der Waals surface area (Å²) >= 11 is 0. The molecule has 2 heterocycles. The van der Waals surface area contributed by atoms with Gasteiger partial charge in [-0.15, -0.1) is 0 Å². The summed E-state index contributed by atoms with van der Waals surface area (Å²) in [5.41, 5.74) is 12.9. The molecule has 0 amide bonds. The van der Waals surface area contributed by atoms with Crippen LogP contribution in [0.4, 0.5) is 17.5 Å². The van der Waals surface area contributed by atoms with E-state index in [9.17, 15) is 0 Å². The molecule has 0 bridgehead atoms. The Morgan fingerprint density at radius 1 is 0.967 bits per heavy atom. The number of rotatable bonds is 5. The third kappa shape index (κ3) is 4.54. The van der Waals surface area contributed by atoms with Crippen LogP contribution in [0.3, 0.4) is 0 Å². The zero-order chi connectivity index (χ0) is 21.1. The highest BCUT2D eigenvalue weighted by molar-refractivity contribution is 5.68. The van der Waals surface area contributed by atoms with Gasteiger partial charge in [-0.3, -0.25) is 0 Å². The van der Waals surface area contributed by atoms with E-state index in [1.165, 1.54) is 22.4 Å². The predicted octanol–water partition coefficient (Wildman–Crippen LogP) is 3.71. The molecular weight excluding hydrogens is 372 g/mol. The van der Waals surface area contributed by atoms with Crippen LogP contribution in [0, 0.1) is 13.8 Å². The van der Waals surface area contributed by atoms with E-state index >= 15 is 0 Å². The minimum atomic E-state index is 0.279. The fourth-order valence-electron chi connectivity index (χ4n) is 3.80. The molecule has 3 N–H and O–H groups in total.